The minimum atomic E-state index is -1.14. The SMILES string of the molecule is CC#CCNC(=O)c1cccc(F)c1F. The van der Waals surface area contributed by atoms with Crippen LogP contribution in [-0.4, -0.2) is 12.5 Å². The van der Waals surface area contributed by atoms with Gasteiger partial charge in [0.25, 0.3) is 5.91 Å². The van der Waals surface area contributed by atoms with E-state index in [4.69, 9.17) is 0 Å². The van der Waals surface area contributed by atoms with Gasteiger partial charge >= 0.3 is 0 Å². The van der Waals surface area contributed by atoms with E-state index in [9.17, 15) is 13.6 Å². The molecular weight excluding hydrogens is 200 g/mol. The van der Waals surface area contributed by atoms with Gasteiger partial charge in [-0.3, -0.25) is 4.79 Å². The molecule has 0 atom stereocenters. The number of hydrogen-bond donors (Lipinski definition) is 1. The molecule has 0 bridgehead atoms. The summed E-state index contributed by atoms with van der Waals surface area (Å²) in [7, 11) is 0. The van der Waals surface area contributed by atoms with Crippen molar-refractivity contribution in [1.82, 2.24) is 5.32 Å². The monoisotopic (exact) mass is 209 g/mol. The first-order valence-corrected chi connectivity index (χ1v) is 4.28. The molecule has 1 N–H and O–H groups in total. The summed E-state index contributed by atoms with van der Waals surface area (Å²) < 4.78 is 25.8. The second kappa shape index (κ2) is 5.11. The Balaban J connectivity index is 2.81. The molecule has 0 saturated carbocycles. The van der Waals surface area contributed by atoms with E-state index in [0.29, 0.717) is 0 Å². The number of amides is 1. The molecule has 78 valence electrons. The van der Waals surface area contributed by atoms with Crippen molar-refractivity contribution in [3.8, 4) is 11.8 Å². The van der Waals surface area contributed by atoms with E-state index >= 15 is 0 Å². The Morgan fingerprint density at radius 2 is 2.20 bits per heavy atom. The lowest BCUT2D eigenvalue weighted by atomic mass is 10.2. The molecule has 1 aromatic carbocycles. The zero-order valence-corrected chi connectivity index (χ0v) is 8.10. The summed E-state index contributed by atoms with van der Waals surface area (Å²) >= 11 is 0. The lowest BCUT2D eigenvalue weighted by molar-refractivity contribution is 0.0953. The molecular formula is C11H9F2NO. The molecule has 1 amide bonds. The highest BCUT2D eigenvalue weighted by Crippen LogP contribution is 2.10. The van der Waals surface area contributed by atoms with Gasteiger partial charge in [0.05, 0.1) is 12.1 Å². The lowest BCUT2D eigenvalue weighted by Crippen LogP contribution is -2.24. The Hall–Kier alpha value is -1.89. The number of carbonyl (C=O) groups is 1. The average Bonchev–Trinajstić information content (AvgIpc) is 2.22. The highest BCUT2D eigenvalue weighted by atomic mass is 19.2. The van der Waals surface area contributed by atoms with Gasteiger partial charge in [-0.25, -0.2) is 8.78 Å². The Morgan fingerprint density at radius 1 is 1.47 bits per heavy atom. The third-order valence-corrected chi connectivity index (χ3v) is 1.71. The second-order valence-electron chi connectivity index (χ2n) is 2.71. The van der Waals surface area contributed by atoms with Crippen LogP contribution in [0.4, 0.5) is 8.78 Å². The first-order chi connectivity index (χ1) is 7.16. The molecule has 1 rings (SSSR count). The van der Waals surface area contributed by atoms with Gasteiger partial charge in [-0.15, -0.1) is 5.92 Å². The minimum Gasteiger partial charge on any atom is -0.341 e. The Kier molecular flexibility index (Phi) is 3.81. The summed E-state index contributed by atoms with van der Waals surface area (Å²) in [4.78, 5) is 11.3. The Morgan fingerprint density at radius 3 is 2.87 bits per heavy atom. The number of carbonyl (C=O) groups excluding carboxylic acids is 1. The maximum atomic E-state index is 13.1. The fourth-order valence-corrected chi connectivity index (χ4v) is 0.987. The maximum Gasteiger partial charge on any atom is 0.255 e. The number of nitrogens with one attached hydrogen (secondary N) is 1. The minimum absolute atomic E-state index is 0.116. The van der Waals surface area contributed by atoms with E-state index in [0.717, 1.165) is 6.07 Å². The summed E-state index contributed by atoms with van der Waals surface area (Å²) in [6, 6.07) is 3.45. The molecule has 0 aliphatic heterocycles. The smallest absolute Gasteiger partial charge is 0.255 e. The second-order valence-corrected chi connectivity index (χ2v) is 2.71. The van der Waals surface area contributed by atoms with Crippen molar-refractivity contribution in [2.75, 3.05) is 6.54 Å². The van der Waals surface area contributed by atoms with Crippen LogP contribution in [0.2, 0.25) is 0 Å². The molecule has 4 heteroatoms. The normalized spacial score (nSPS) is 9.00. The highest BCUT2D eigenvalue weighted by Gasteiger charge is 2.13. The van der Waals surface area contributed by atoms with Crippen molar-refractivity contribution in [3.05, 3.63) is 35.4 Å². The number of benzene rings is 1. The fraction of sp³-hybridized carbons (Fsp3) is 0.182. The van der Waals surface area contributed by atoms with Crippen molar-refractivity contribution in [2.45, 2.75) is 6.92 Å². The largest absolute Gasteiger partial charge is 0.341 e. The van der Waals surface area contributed by atoms with Crippen LogP contribution in [0.25, 0.3) is 0 Å². The van der Waals surface area contributed by atoms with Crippen LogP contribution < -0.4 is 5.32 Å². The molecule has 0 unspecified atom stereocenters. The topological polar surface area (TPSA) is 29.1 Å². The first kappa shape index (κ1) is 11.2. The van der Waals surface area contributed by atoms with E-state index < -0.39 is 17.5 Å². The summed E-state index contributed by atoms with van der Waals surface area (Å²) in [5.74, 6) is 2.30. The maximum absolute atomic E-state index is 13.1. The van der Waals surface area contributed by atoms with Crippen LogP contribution >= 0.6 is 0 Å². The fourth-order valence-electron chi connectivity index (χ4n) is 0.987. The molecule has 0 aromatic heterocycles. The van der Waals surface area contributed by atoms with E-state index in [1.54, 1.807) is 6.92 Å². The van der Waals surface area contributed by atoms with Crippen LogP contribution in [0.3, 0.4) is 0 Å². The molecule has 0 radical (unpaired) electrons. The lowest BCUT2D eigenvalue weighted by Gasteiger charge is -2.02. The predicted octanol–water partition coefficient (Wildman–Crippen LogP) is 1.72. The van der Waals surface area contributed by atoms with Crippen LogP contribution in [0.15, 0.2) is 18.2 Å². The zero-order chi connectivity index (χ0) is 11.3. The van der Waals surface area contributed by atoms with Gasteiger partial charge in [-0.2, -0.15) is 0 Å². The van der Waals surface area contributed by atoms with Crippen LogP contribution in [0.5, 0.6) is 0 Å². The number of halogens is 2. The molecule has 0 spiro atoms. The van der Waals surface area contributed by atoms with Crippen molar-refractivity contribution in [2.24, 2.45) is 0 Å². The van der Waals surface area contributed by atoms with E-state index in [2.05, 4.69) is 17.2 Å². The third kappa shape index (κ3) is 2.78. The first-order valence-electron chi connectivity index (χ1n) is 4.28. The van der Waals surface area contributed by atoms with Gasteiger partial charge in [0.15, 0.2) is 11.6 Å². The summed E-state index contributed by atoms with van der Waals surface area (Å²) in [6.07, 6.45) is 0. The Labute approximate surface area is 86.3 Å². The van der Waals surface area contributed by atoms with E-state index in [1.807, 2.05) is 0 Å². The molecule has 0 fully saturated rings. The zero-order valence-electron chi connectivity index (χ0n) is 8.10. The summed E-state index contributed by atoms with van der Waals surface area (Å²) in [5, 5.41) is 2.35. The van der Waals surface area contributed by atoms with Gasteiger partial charge in [0.2, 0.25) is 0 Å². The van der Waals surface area contributed by atoms with E-state index in [-0.39, 0.29) is 12.1 Å². The number of rotatable bonds is 2. The van der Waals surface area contributed by atoms with Gasteiger partial charge in [0.1, 0.15) is 0 Å². The van der Waals surface area contributed by atoms with Gasteiger partial charge in [-0.05, 0) is 19.1 Å². The molecule has 0 saturated heterocycles. The van der Waals surface area contributed by atoms with Crippen LogP contribution in [0, 0.1) is 23.5 Å². The highest BCUT2D eigenvalue weighted by molar-refractivity contribution is 5.94. The predicted molar refractivity (Wildman–Crippen MR) is 52.1 cm³/mol. The standard InChI is InChI=1S/C11H9F2NO/c1-2-3-7-14-11(15)8-5-4-6-9(12)10(8)13/h4-6H,7H2,1H3,(H,14,15). The van der Waals surface area contributed by atoms with Gasteiger partial charge in [-0.1, -0.05) is 12.0 Å². The number of hydrogen-bond acceptors (Lipinski definition) is 1. The summed E-state index contributed by atoms with van der Waals surface area (Å²) in [5.41, 5.74) is -0.312. The molecule has 15 heavy (non-hydrogen) atoms. The van der Waals surface area contributed by atoms with E-state index in [1.165, 1.54) is 12.1 Å². The van der Waals surface area contributed by atoms with Crippen LogP contribution in [-0.2, 0) is 0 Å². The van der Waals surface area contributed by atoms with Crippen molar-refractivity contribution in [1.29, 1.82) is 0 Å². The van der Waals surface area contributed by atoms with Gasteiger partial charge in [0, 0.05) is 0 Å². The molecule has 0 aliphatic rings. The average molecular weight is 209 g/mol. The van der Waals surface area contributed by atoms with Crippen molar-refractivity contribution < 1.29 is 13.6 Å². The Bertz CT molecular complexity index is 432. The quantitative estimate of drug-likeness (QED) is 0.738. The van der Waals surface area contributed by atoms with Crippen LogP contribution in [0.1, 0.15) is 17.3 Å². The molecule has 1 aromatic rings. The van der Waals surface area contributed by atoms with Crippen molar-refractivity contribution >= 4 is 5.91 Å². The van der Waals surface area contributed by atoms with Crippen molar-refractivity contribution in [3.63, 3.8) is 0 Å². The molecule has 2 nitrogen and oxygen atoms in total. The molecule has 0 heterocycles. The summed E-state index contributed by atoms with van der Waals surface area (Å²) in [6.45, 7) is 1.74. The third-order valence-electron chi connectivity index (χ3n) is 1.71. The van der Waals surface area contributed by atoms with Gasteiger partial charge < -0.3 is 5.32 Å². The molecule has 0 aliphatic carbocycles.